The molecule has 6 rings (SSSR count). The molecule has 10 heteroatoms. The van der Waals surface area contributed by atoms with E-state index in [2.05, 4.69) is 18.4 Å². The SMILES string of the molecule is C=C1C(C(N)=O)=C(O)[C@@H](N(C)C)[C@@H]2C[C@@H]3Cc4c(F)c(CN(CC)C5(C6CC6)CC5)cc(O)c4C(O)=C3C(=O)[C@]12O. The van der Waals surface area contributed by atoms with Crippen molar-refractivity contribution in [3.05, 3.63) is 57.6 Å². The number of hydrogen-bond donors (Lipinski definition) is 5. The molecule has 5 aliphatic rings. The fourth-order valence-electron chi connectivity index (χ4n) is 8.15. The van der Waals surface area contributed by atoms with E-state index < -0.39 is 58.1 Å². The van der Waals surface area contributed by atoms with Gasteiger partial charge in [0.25, 0.3) is 5.91 Å². The molecule has 3 fully saturated rings. The van der Waals surface area contributed by atoms with E-state index in [-0.39, 0.29) is 46.4 Å². The Morgan fingerprint density at radius 1 is 1.22 bits per heavy atom. The second-order valence-electron chi connectivity index (χ2n) is 12.7. The van der Waals surface area contributed by atoms with Crippen molar-refractivity contribution in [1.29, 1.82) is 0 Å². The number of carbonyl (C=O) groups excluding carboxylic acids is 2. The van der Waals surface area contributed by atoms with Crippen molar-refractivity contribution >= 4 is 17.4 Å². The number of nitrogens with two attached hydrogens (primary N) is 1. The Hall–Kier alpha value is -3.21. The Balaban J connectivity index is 1.43. The monoisotopic (exact) mass is 567 g/mol. The number of fused-ring (bicyclic) bond motifs is 3. The first-order valence-electron chi connectivity index (χ1n) is 14.4. The minimum atomic E-state index is -2.35. The Bertz CT molecular complexity index is 1460. The van der Waals surface area contributed by atoms with Crippen molar-refractivity contribution < 1.29 is 34.4 Å². The minimum absolute atomic E-state index is 0.0138. The van der Waals surface area contributed by atoms with Gasteiger partial charge in [-0.3, -0.25) is 19.4 Å². The van der Waals surface area contributed by atoms with Gasteiger partial charge in [-0.25, -0.2) is 4.39 Å². The molecule has 5 aliphatic carbocycles. The Kier molecular flexibility index (Phi) is 6.23. The number of hydrogen-bond acceptors (Lipinski definition) is 8. The molecule has 1 amide bonds. The average molecular weight is 568 g/mol. The molecule has 41 heavy (non-hydrogen) atoms. The lowest BCUT2D eigenvalue weighted by molar-refractivity contribution is -0.143. The third kappa shape index (κ3) is 3.76. The van der Waals surface area contributed by atoms with Gasteiger partial charge in [0.1, 0.15) is 23.1 Å². The van der Waals surface area contributed by atoms with Crippen LogP contribution in [0.25, 0.3) is 5.76 Å². The predicted molar refractivity (Wildman–Crippen MR) is 149 cm³/mol. The zero-order chi connectivity index (χ0) is 29.8. The van der Waals surface area contributed by atoms with Crippen LogP contribution < -0.4 is 5.73 Å². The Morgan fingerprint density at radius 3 is 2.41 bits per heavy atom. The molecule has 0 saturated heterocycles. The third-order valence-corrected chi connectivity index (χ3v) is 10.4. The number of nitrogens with zero attached hydrogens (tertiary/aromatic N) is 2. The number of ketones is 1. The first kappa shape index (κ1) is 27.9. The highest BCUT2D eigenvalue weighted by Gasteiger charge is 2.62. The number of primary amides is 1. The standard InChI is InChI=1S/C31H38FN3O6/c1-5-35(30(8-9-30)17-6-7-17)13-16-12-20(36)23-18(24(16)32)10-15-11-19-25(34(3)4)27(38)21(29(33)40)14(2)31(19,41)28(39)22(15)26(23)37/h12,15,17,19,25,36-38,41H,2,5-11,13H2,1,3-4H3,(H2,33,40)/t15-,19-,25-,31-/m0/s1. The van der Waals surface area contributed by atoms with Crippen molar-refractivity contribution in [1.82, 2.24) is 9.80 Å². The lowest BCUT2D eigenvalue weighted by Crippen LogP contribution is -2.63. The topological polar surface area (TPSA) is 148 Å². The van der Waals surface area contributed by atoms with Crippen LogP contribution in [0.1, 0.15) is 55.7 Å². The number of phenolic OH excluding ortho intramolecular Hbond substituents is 1. The van der Waals surface area contributed by atoms with E-state index in [4.69, 9.17) is 5.73 Å². The average Bonchev–Trinajstić information content (AvgIpc) is 3.80. The maximum absolute atomic E-state index is 16.2. The quantitative estimate of drug-likeness (QED) is 0.338. The first-order chi connectivity index (χ1) is 19.3. The van der Waals surface area contributed by atoms with Crippen LogP contribution in [0.4, 0.5) is 4.39 Å². The van der Waals surface area contributed by atoms with E-state index in [0.29, 0.717) is 18.0 Å². The molecule has 3 saturated carbocycles. The third-order valence-electron chi connectivity index (χ3n) is 10.4. The largest absolute Gasteiger partial charge is 0.510 e. The number of halogens is 1. The maximum atomic E-state index is 16.2. The number of rotatable bonds is 7. The number of phenols is 1. The highest BCUT2D eigenvalue weighted by atomic mass is 19.1. The summed E-state index contributed by atoms with van der Waals surface area (Å²) in [5.74, 6) is -4.79. The summed E-state index contributed by atoms with van der Waals surface area (Å²) in [6, 6.07) is 0.372. The Morgan fingerprint density at radius 2 is 1.88 bits per heavy atom. The summed E-state index contributed by atoms with van der Waals surface area (Å²) in [5, 5.41) is 45.4. The van der Waals surface area contributed by atoms with E-state index >= 15 is 4.39 Å². The van der Waals surface area contributed by atoms with Crippen LogP contribution in [0.3, 0.4) is 0 Å². The Labute approximate surface area is 238 Å². The molecule has 0 spiro atoms. The van der Waals surface area contributed by atoms with Crippen molar-refractivity contribution in [3.8, 4) is 5.75 Å². The smallest absolute Gasteiger partial charge is 0.252 e. The van der Waals surface area contributed by atoms with Crippen LogP contribution in [0.5, 0.6) is 5.75 Å². The van der Waals surface area contributed by atoms with Gasteiger partial charge >= 0.3 is 0 Å². The molecule has 1 aromatic carbocycles. The molecule has 0 aliphatic heterocycles. The van der Waals surface area contributed by atoms with Crippen molar-refractivity contribution in [3.63, 3.8) is 0 Å². The fourth-order valence-corrected chi connectivity index (χ4v) is 8.15. The van der Waals surface area contributed by atoms with E-state index in [9.17, 15) is 30.0 Å². The predicted octanol–water partition coefficient (Wildman–Crippen LogP) is 2.85. The van der Waals surface area contributed by atoms with Crippen molar-refractivity contribution in [2.45, 2.75) is 69.2 Å². The first-order valence-corrected chi connectivity index (χ1v) is 14.4. The molecule has 9 nitrogen and oxygen atoms in total. The molecule has 0 bridgehead atoms. The molecule has 220 valence electrons. The zero-order valence-electron chi connectivity index (χ0n) is 23.7. The van der Waals surface area contributed by atoms with Gasteiger partial charge in [-0.15, -0.1) is 0 Å². The summed E-state index contributed by atoms with van der Waals surface area (Å²) in [4.78, 5) is 30.2. The van der Waals surface area contributed by atoms with E-state index in [1.165, 1.54) is 18.9 Å². The normalized spacial score (nSPS) is 30.5. The van der Waals surface area contributed by atoms with E-state index in [1.807, 2.05) is 0 Å². The van der Waals surface area contributed by atoms with Gasteiger partial charge in [-0.05, 0) is 77.1 Å². The van der Waals surface area contributed by atoms with E-state index in [0.717, 1.165) is 19.4 Å². The molecule has 0 aromatic heterocycles. The molecular formula is C31H38FN3O6. The summed E-state index contributed by atoms with van der Waals surface area (Å²) >= 11 is 0. The van der Waals surface area contributed by atoms with Crippen LogP contribution in [0, 0.1) is 23.6 Å². The minimum Gasteiger partial charge on any atom is -0.510 e. The molecular weight excluding hydrogens is 529 g/mol. The number of likely N-dealkylation sites (N-methyl/N-ethyl adjacent to an activating group) is 1. The van der Waals surface area contributed by atoms with Gasteiger partial charge in [0.15, 0.2) is 11.4 Å². The van der Waals surface area contributed by atoms with Gasteiger partial charge in [-0.2, -0.15) is 0 Å². The number of Topliss-reactive ketones (excluding diaryl/α,β-unsaturated/α-hetero) is 1. The number of aliphatic hydroxyl groups is 3. The van der Waals surface area contributed by atoms with Crippen LogP contribution in [0.15, 0.2) is 35.1 Å². The number of carbonyl (C=O) groups is 2. The summed E-state index contributed by atoms with van der Waals surface area (Å²) in [6.45, 7) is 6.91. The second kappa shape index (κ2) is 9.14. The highest BCUT2D eigenvalue weighted by Crippen LogP contribution is 2.58. The van der Waals surface area contributed by atoms with Gasteiger partial charge < -0.3 is 26.2 Å². The maximum Gasteiger partial charge on any atom is 0.252 e. The number of aromatic hydroxyl groups is 1. The summed E-state index contributed by atoms with van der Waals surface area (Å²) in [7, 11) is 3.27. The number of benzene rings is 1. The molecule has 1 aromatic rings. The molecule has 0 radical (unpaired) electrons. The second-order valence-corrected chi connectivity index (χ2v) is 12.7. The van der Waals surface area contributed by atoms with E-state index in [1.54, 1.807) is 19.0 Å². The van der Waals surface area contributed by atoms with Crippen molar-refractivity contribution in [2.24, 2.45) is 23.5 Å². The van der Waals surface area contributed by atoms with Gasteiger partial charge in [-0.1, -0.05) is 13.5 Å². The van der Waals surface area contributed by atoms with Gasteiger partial charge in [0, 0.05) is 40.3 Å². The highest BCUT2D eigenvalue weighted by molar-refractivity contribution is 6.13. The van der Waals surface area contributed by atoms with Crippen molar-refractivity contribution in [2.75, 3.05) is 20.6 Å². The van der Waals surface area contributed by atoms with Crippen LogP contribution in [-0.4, -0.2) is 79.7 Å². The zero-order valence-corrected chi connectivity index (χ0v) is 23.7. The van der Waals surface area contributed by atoms with Gasteiger partial charge in [0.2, 0.25) is 0 Å². The molecule has 4 atom stereocenters. The molecule has 0 heterocycles. The van der Waals surface area contributed by atoms with Crippen LogP contribution >= 0.6 is 0 Å². The molecule has 6 N–H and O–H groups in total. The lowest BCUT2D eigenvalue weighted by Gasteiger charge is -2.52. The summed E-state index contributed by atoms with van der Waals surface area (Å²) < 4.78 is 16.2. The number of aliphatic hydroxyl groups excluding tert-OH is 2. The van der Waals surface area contributed by atoms with Crippen LogP contribution in [0.2, 0.25) is 0 Å². The molecule has 0 unspecified atom stereocenters. The lowest BCUT2D eigenvalue weighted by atomic mass is 9.56. The summed E-state index contributed by atoms with van der Waals surface area (Å²) in [6.07, 6.45) is 4.64. The number of amides is 1. The summed E-state index contributed by atoms with van der Waals surface area (Å²) in [5.41, 5.74) is 2.67. The van der Waals surface area contributed by atoms with Crippen LogP contribution in [-0.2, 0) is 22.6 Å². The fraction of sp³-hybridized carbons (Fsp3) is 0.548. The van der Waals surface area contributed by atoms with Gasteiger partial charge in [0.05, 0.1) is 17.2 Å².